The summed E-state index contributed by atoms with van der Waals surface area (Å²) in [7, 11) is 0. The number of fused-ring (bicyclic) bond motifs is 1. The number of carbonyl (C=O) groups excluding carboxylic acids is 2. The first-order valence-electron chi connectivity index (χ1n) is 11.0. The summed E-state index contributed by atoms with van der Waals surface area (Å²) in [6, 6.07) is 5.98. The highest BCUT2D eigenvalue weighted by Gasteiger charge is 2.35. The summed E-state index contributed by atoms with van der Waals surface area (Å²) in [5.41, 5.74) is 0.783. The molecule has 1 aliphatic carbocycles. The number of benzene rings is 1. The average molecular weight is 425 g/mol. The standard InChI is InChI=1S/C23H30F3NO3/c24-23(25,26)30-20-14-11-17(12-15-20)10-13-19(28)7-3-9-22(29)27-16-4-6-18-5-1-2-8-21(18)27/h11-12,14-15,18,21H,1-10,13,16H2. The topological polar surface area (TPSA) is 46.6 Å². The first-order chi connectivity index (χ1) is 14.3. The van der Waals surface area contributed by atoms with Crippen LogP contribution in [0, 0.1) is 5.92 Å². The van der Waals surface area contributed by atoms with Crippen molar-refractivity contribution < 1.29 is 27.5 Å². The van der Waals surface area contributed by atoms with Crippen molar-refractivity contribution in [1.82, 2.24) is 4.90 Å². The summed E-state index contributed by atoms with van der Waals surface area (Å²) in [5, 5.41) is 0. The van der Waals surface area contributed by atoms with Crippen LogP contribution < -0.4 is 4.74 Å². The quantitative estimate of drug-likeness (QED) is 0.557. The summed E-state index contributed by atoms with van der Waals surface area (Å²) in [4.78, 5) is 26.9. The highest BCUT2D eigenvalue weighted by Crippen LogP contribution is 2.35. The Labute approximate surface area is 175 Å². The van der Waals surface area contributed by atoms with Gasteiger partial charge in [-0.05, 0) is 62.1 Å². The van der Waals surface area contributed by atoms with Crippen LogP contribution >= 0.6 is 0 Å². The Bertz CT molecular complexity index is 715. The van der Waals surface area contributed by atoms with E-state index in [0.717, 1.165) is 24.9 Å². The molecule has 1 amide bonds. The van der Waals surface area contributed by atoms with Gasteiger partial charge in [0.2, 0.25) is 5.91 Å². The fourth-order valence-corrected chi connectivity index (χ4v) is 4.78. The van der Waals surface area contributed by atoms with Crippen molar-refractivity contribution in [3.05, 3.63) is 29.8 Å². The molecule has 0 N–H and O–H groups in total. The molecule has 2 atom stereocenters. The number of ether oxygens (including phenoxy) is 1. The van der Waals surface area contributed by atoms with Crippen LogP contribution in [0.3, 0.4) is 0 Å². The first-order valence-corrected chi connectivity index (χ1v) is 11.0. The lowest BCUT2D eigenvalue weighted by atomic mass is 9.78. The van der Waals surface area contributed by atoms with Crippen molar-refractivity contribution in [3.8, 4) is 5.75 Å². The van der Waals surface area contributed by atoms with Gasteiger partial charge in [0.25, 0.3) is 0 Å². The van der Waals surface area contributed by atoms with Gasteiger partial charge in [-0.3, -0.25) is 9.59 Å². The number of halogens is 3. The number of aryl methyl sites for hydroxylation is 1. The van der Waals surface area contributed by atoms with Gasteiger partial charge in [0.1, 0.15) is 11.5 Å². The molecule has 30 heavy (non-hydrogen) atoms. The number of hydrogen-bond acceptors (Lipinski definition) is 3. The number of carbonyl (C=O) groups is 2. The molecule has 2 aliphatic rings. The lowest BCUT2D eigenvalue weighted by Gasteiger charge is -2.44. The number of alkyl halides is 3. The van der Waals surface area contributed by atoms with Crippen LogP contribution in [-0.4, -0.2) is 35.5 Å². The minimum absolute atomic E-state index is 0.0765. The number of piperidine rings is 1. The van der Waals surface area contributed by atoms with Crippen molar-refractivity contribution in [2.24, 2.45) is 5.92 Å². The van der Waals surface area contributed by atoms with Crippen LogP contribution in [0.25, 0.3) is 0 Å². The Morgan fingerprint density at radius 1 is 0.967 bits per heavy atom. The van der Waals surface area contributed by atoms with E-state index in [1.807, 2.05) is 0 Å². The van der Waals surface area contributed by atoms with Crippen LogP contribution in [0.15, 0.2) is 24.3 Å². The number of ketones is 1. The van der Waals surface area contributed by atoms with Gasteiger partial charge in [-0.25, -0.2) is 0 Å². The number of hydrogen-bond donors (Lipinski definition) is 0. The van der Waals surface area contributed by atoms with Crippen LogP contribution in [0.1, 0.15) is 69.8 Å². The van der Waals surface area contributed by atoms with E-state index in [0.29, 0.717) is 44.1 Å². The molecule has 2 fully saturated rings. The molecule has 1 aromatic rings. The summed E-state index contributed by atoms with van der Waals surface area (Å²) in [6.07, 6.45) is 4.55. The molecule has 166 valence electrons. The molecule has 3 rings (SSSR count). The second kappa shape index (κ2) is 10.3. The second-order valence-corrected chi connectivity index (χ2v) is 8.43. The van der Waals surface area contributed by atoms with E-state index in [1.54, 1.807) is 0 Å². The minimum Gasteiger partial charge on any atom is -0.406 e. The molecular weight excluding hydrogens is 395 g/mol. The molecule has 2 unspecified atom stereocenters. The van der Waals surface area contributed by atoms with E-state index in [1.165, 1.54) is 49.9 Å². The zero-order chi connectivity index (χ0) is 21.6. The summed E-state index contributed by atoms with van der Waals surface area (Å²) in [5.74, 6) is 0.646. The molecule has 0 aromatic heterocycles. The second-order valence-electron chi connectivity index (χ2n) is 8.43. The van der Waals surface area contributed by atoms with E-state index < -0.39 is 6.36 Å². The average Bonchev–Trinajstić information content (AvgIpc) is 2.71. The molecule has 1 aromatic carbocycles. The van der Waals surface area contributed by atoms with Crippen molar-refractivity contribution in [3.63, 3.8) is 0 Å². The van der Waals surface area contributed by atoms with Gasteiger partial charge in [0.15, 0.2) is 0 Å². The molecule has 0 radical (unpaired) electrons. The van der Waals surface area contributed by atoms with E-state index >= 15 is 0 Å². The van der Waals surface area contributed by atoms with Crippen LogP contribution in [-0.2, 0) is 16.0 Å². The third-order valence-corrected chi connectivity index (χ3v) is 6.26. The van der Waals surface area contributed by atoms with Crippen molar-refractivity contribution in [2.45, 2.75) is 83.0 Å². The Morgan fingerprint density at radius 2 is 1.67 bits per heavy atom. The van der Waals surface area contributed by atoms with Gasteiger partial charge in [0.05, 0.1) is 0 Å². The minimum atomic E-state index is -4.71. The van der Waals surface area contributed by atoms with Gasteiger partial charge in [-0.15, -0.1) is 13.2 Å². The third kappa shape index (κ3) is 6.74. The molecule has 0 spiro atoms. The molecular formula is C23H30F3NO3. The predicted molar refractivity (Wildman–Crippen MR) is 107 cm³/mol. The van der Waals surface area contributed by atoms with E-state index in [-0.39, 0.29) is 17.4 Å². The lowest BCUT2D eigenvalue weighted by molar-refractivity contribution is -0.274. The maximum absolute atomic E-state index is 12.7. The monoisotopic (exact) mass is 425 g/mol. The molecule has 7 heteroatoms. The summed E-state index contributed by atoms with van der Waals surface area (Å²) in [6.45, 7) is 0.849. The molecule has 1 heterocycles. The van der Waals surface area contributed by atoms with Crippen molar-refractivity contribution in [2.75, 3.05) is 6.54 Å². The third-order valence-electron chi connectivity index (χ3n) is 6.26. The van der Waals surface area contributed by atoms with Crippen molar-refractivity contribution >= 4 is 11.7 Å². The zero-order valence-corrected chi connectivity index (χ0v) is 17.3. The number of likely N-dealkylation sites (tertiary alicyclic amines) is 1. The smallest absolute Gasteiger partial charge is 0.406 e. The maximum atomic E-state index is 12.7. The normalized spacial score (nSPS) is 21.8. The van der Waals surface area contributed by atoms with Gasteiger partial charge >= 0.3 is 6.36 Å². The maximum Gasteiger partial charge on any atom is 0.573 e. The molecule has 4 nitrogen and oxygen atoms in total. The van der Waals surface area contributed by atoms with Gasteiger partial charge < -0.3 is 9.64 Å². The summed E-state index contributed by atoms with van der Waals surface area (Å²) < 4.78 is 40.4. The number of Topliss-reactive ketones (excluding diaryl/α,β-unsaturated/α-hetero) is 1. The number of amides is 1. The first kappa shape index (κ1) is 22.6. The zero-order valence-electron chi connectivity index (χ0n) is 17.3. The predicted octanol–water partition coefficient (Wildman–Crippen LogP) is 5.44. The van der Waals surface area contributed by atoms with Crippen LogP contribution in [0.5, 0.6) is 5.75 Å². The van der Waals surface area contributed by atoms with Gasteiger partial charge in [0, 0.05) is 31.8 Å². The Balaban J connectivity index is 1.36. The summed E-state index contributed by atoms with van der Waals surface area (Å²) >= 11 is 0. The fraction of sp³-hybridized carbons (Fsp3) is 0.652. The lowest BCUT2D eigenvalue weighted by Crippen LogP contribution is -2.49. The Hall–Kier alpha value is -2.05. The highest BCUT2D eigenvalue weighted by molar-refractivity contribution is 5.80. The Morgan fingerprint density at radius 3 is 2.40 bits per heavy atom. The fourth-order valence-electron chi connectivity index (χ4n) is 4.78. The van der Waals surface area contributed by atoms with Gasteiger partial charge in [-0.1, -0.05) is 25.0 Å². The highest BCUT2D eigenvalue weighted by atomic mass is 19.4. The number of nitrogens with zero attached hydrogens (tertiary/aromatic N) is 1. The van der Waals surface area contributed by atoms with Gasteiger partial charge in [-0.2, -0.15) is 0 Å². The van der Waals surface area contributed by atoms with E-state index in [4.69, 9.17) is 0 Å². The van der Waals surface area contributed by atoms with Crippen LogP contribution in [0.2, 0.25) is 0 Å². The van der Waals surface area contributed by atoms with Crippen LogP contribution in [0.4, 0.5) is 13.2 Å². The SMILES string of the molecule is O=C(CCCC(=O)N1CCCC2CCCCC21)CCc1ccc(OC(F)(F)F)cc1. The number of rotatable bonds is 8. The van der Waals surface area contributed by atoms with E-state index in [9.17, 15) is 22.8 Å². The van der Waals surface area contributed by atoms with Crippen molar-refractivity contribution in [1.29, 1.82) is 0 Å². The largest absolute Gasteiger partial charge is 0.573 e. The molecule has 1 aliphatic heterocycles. The molecule has 1 saturated carbocycles. The van der Waals surface area contributed by atoms with E-state index in [2.05, 4.69) is 9.64 Å². The Kier molecular flexibility index (Phi) is 7.78. The molecule has 1 saturated heterocycles. The molecule has 0 bridgehead atoms.